The third-order valence-electron chi connectivity index (χ3n) is 5.45. The molecule has 0 aliphatic carbocycles. The number of nitrogens with zero attached hydrogens (tertiary/aromatic N) is 3. The van der Waals surface area contributed by atoms with Crippen LogP contribution in [-0.2, 0) is 6.42 Å². The molecule has 3 aromatic carbocycles. The third kappa shape index (κ3) is 3.74. The minimum Gasteiger partial charge on any atom is -0.339 e. The van der Waals surface area contributed by atoms with Crippen LogP contribution in [-0.4, -0.2) is 34.0 Å². The molecule has 5 heteroatoms. The molecule has 0 spiro atoms. The van der Waals surface area contributed by atoms with Crippen molar-refractivity contribution in [3.63, 3.8) is 0 Å². The summed E-state index contributed by atoms with van der Waals surface area (Å²) in [4.78, 5) is 19.1. The first-order chi connectivity index (χ1) is 14.8. The molecule has 0 radical (unpaired) electrons. The molecule has 2 heterocycles. The molecule has 0 bridgehead atoms. The number of amides is 1. The van der Waals surface area contributed by atoms with E-state index in [4.69, 9.17) is 4.52 Å². The van der Waals surface area contributed by atoms with E-state index >= 15 is 0 Å². The molecular formula is C25H21N3O2. The van der Waals surface area contributed by atoms with Crippen LogP contribution < -0.4 is 0 Å². The Labute approximate surface area is 175 Å². The molecule has 5 nitrogen and oxygen atoms in total. The number of carbonyl (C=O) groups is 1. The largest absolute Gasteiger partial charge is 0.339 e. The number of benzene rings is 3. The van der Waals surface area contributed by atoms with Crippen LogP contribution >= 0.6 is 0 Å². The second-order valence-corrected chi connectivity index (χ2v) is 7.56. The van der Waals surface area contributed by atoms with Crippen molar-refractivity contribution in [3.8, 4) is 11.1 Å². The summed E-state index contributed by atoms with van der Waals surface area (Å²) in [5, 5.41) is 4.09. The lowest BCUT2D eigenvalue weighted by Crippen LogP contribution is -2.48. The maximum Gasteiger partial charge on any atom is 0.253 e. The van der Waals surface area contributed by atoms with Crippen LogP contribution in [0.3, 0.4) is 0 Å². The Morgan fingerprint density at radius 2 is 1.50 bits per heavy atom. The molecule has 1 aromatic heterocycles. The number of rotatable bonds is 5. The summed E-state index contributed by atoms with van der Waals surface area (Å²) < 4.78 is 5.44. The van der Waals surface area contributed by atoms with Gasteiger partial charge in [-0.2, -0.15) is 4.98 Å². The summed E-state index contributed by atoms with van der Waals surface area (Å²) in [7, 11) is 0. The van der Waals surface area contributed by atoms with Gasteiger partial charge in [-0.25, -0.2) is 0 Å². The van der Waals surface area contributed by atoms with E-state index in [1.165, 1.54) is 0 Å². The number of likely N-dealkylation sites (tertiary alicyclic amines) is 1. The van der Waals surface area contributed by atoms with Crippen LogP contribution in [0.4, 0.5) is 0 Å². The van der Waals surface area contributed by atoms with E-state index < -0.39 is 0 Å². The molecule has 0 N–H and O–H groups in total. The number of hydrogen-bond acceptors (Lipinski definition) is 4. The second-order valence-electron chi connectivity index (χ2n) is 7.56. The first-order valence-electron chi connectivity index (χ1n) is 10.1. The highest BCUT2D eigenvalue weighted by atomic mass is 16.5. The average molecular weight is 395 g/mol. The Morgan fingerprint density at radius 1 is 0.867 bits per heavy atom. The van der Waals surface area contributed by atoms with Gasteiger partial charge in [0.05, 0.1) is 5.92 Å². The van der Waals surface area contributed by atoms with Gasteiger partial charge in [-0.15, -0.1) is 0 Å². The van der Waals surface area contributed by atoms with Gasteiger partial charge in [0.2, 0.25) is 5.89 Å². The van der Waals surface area contributed by atoms with E-state index in [0.29, 0.717) is 36.8 Å². The number of aromatic nitrogens is 2. The van der Waals surface area contributed by atoms with Crippen molar-refractivity contribution in [1.29, 1.82) is 0 Å². The topological polar surface area (TPSA) is 59.2 Å². The fourth-order valence-electron chi connectivity index (χ4n) is 3.70. The molecule has 1 aliphatic heterocycles. The predicted molar refractivity (Wildman–Crippen MR) is 114 cm³/mol. The Kier molecular flexibility index (Phi) is 4.85. The standard InChI is InChI=1S/C25H21N3O2/c29-25(21-13-11-20(12-14-21)19-9-5-2-6-10-19)28-16-22(17-28)24-26-23(27-30-24)15-18-7-3-1-4-8-18/h1-14,22H,15-17H2. The van der Waals surface area contributed by atoms with Gasteiger partial charge in [0.15, 0.2) is 5.82 Å². The maximum atomic E-state index is 12.8. The lowest BCUT2D eigenvalue weighted by Gasteiger charge is -2.37. The van der Waals surface area contributed by atoms with E-state index in [-0.39, 0.29) is 11.8 Å². The van der Waals surface area contributed by atoms with Gasteiger partial charge in [0, 0.05) is 25.1 Å². The van der Waals surface area contributed by atoms with E-state index in [2.05, 4.69) is 22.3 Å². The molecule has 0 saturated carbocycles. The van der Waals surface area contributed by atoms with Crippen LogP contribution in [0.25, 0.3) is 11.1 Å². The van der Waals surface area contributed by atoms with Crippen molar-refractivity contribution in [1.82, 2.24) is 15.0 Å². The summed E-state index contributed by atoms with van der Waals surface area (Å²) in [6.07, 6.45) is 0.646. The monoisotopic (exact) mass is 395 g/mol. The Morgan fingerprint density at radius 3 is 2.20 bits per heavy atom. The van der Waals surface area contributed by atoms with E-state index in [0.717, 1.165) is 16.7 Å². The number of carbonyl (C=O) groups excluding carboxylic acids is 1. The van der Waals surface area contributed by atoms with Crippen molar-refractivity contribution in [3.05, 3.63) is 108 Å². The van der Waals surface area contributed by atoms with Crippen LogP contribution in [0.5, 0.6) is 0 Å². The zero-order valence-corrected chi connectivity index (χ0v) is 16.4. The summed E-state index contributed by atoms with van der Waals surface area (Å²) in [6.45, 7) is 1.21. The summed E-state index contributed by atoms with van der Waals surface area (Å²) in [5.74, 6) is 1.44. The molecule has 5 rings (SSSR count). The highest BCUT2D eigenvalue weighted by Crippen LogP contribution is 2.28. The molecule has 1 aliphatic rings. The van der Waals surface area contributed by atoms with E-state index in [1.54, 1.807) is 0 Å². The van der Waals surface area contributed by atoms with E-state index in [1.807, 2.05) is 77.7 Å². The SMILES string of the molecule is O=C(c1ccc(-c2ccccc2)cc1)N1CC(c2nc(Cc3ccccc3)no2)C1. The van der Waals surface area contributed by atoms with Gasteiger partial charge < -0.3 is 9.42 Å². The Hall–Kier alpha value is -3.73. The molecule has 1 fully saturated rings. The Bertz CT molecular complexity index is 1130. The molecule has 4 aromatic rings. The molecule has 1 amide bonds. The lowest BCUT2D eigenvalue weighted by atomic mass is 9.98. The highest BCUT2D eigenvalue weighted by Gasteiger charge is 2.36. The minimum absolute atomic E-state index is 0.0369. The van der Waals surface area contributed by atoms with Gasteiger partial charge >= 0.3 is 0 Å². The summed E-state index contributed by atoms with van der Waals surface area (Å²) in [6, 6.07) is 28.0. The van der Waals surface area contributed by atoms with Gasteiger partial charge in [-0.3, -0.25) is 4.79 Å². The van der Waals surface area contributed by atoms with Crippen molar-refractivity contribution >= 4 is 5.91 Å². The normalized spacial score (nSPS) is 13.8. The van der Waals surface area contributed by atoms with E-state index in [9.17, 15) is 4.79 Å². The molecule has 0 unspecified atom stereocenters. The van der Waals surface area contributed by atoms with Crippen molar-refractivity contribution in [2.24, 2.45) is 0 Å². The smallest absolute Gasteiger partial charge is 0.253 e. The van der Waals surface area contributed by atoms with Crippen molar-refractivity contribution < 1.29 is 9.32 Å². The summed E-state index contributed by atoms with van der Waals surface area (Å²) in [5.41, 5.74) is 4.09. The third-order valence-corrected chi connectivity index (χ3v) is 5.45. The quantitative estimate of drug-likeness (QED) is 0.497. The van der Waals surface area contributed by atoms with Gasteiger partial charge in [-0.1, -0.05) is 78.0 Å². The fourth-order valence-corrected chi connectivity index (χ4v) is 3.70. The highest BCUT2D eigenvalue weighted by molar-refractivity contribution is 5.95. The van der Waals surface area contributed by atoms with Gasteiger partial charge in [0.25, 0.3) is 5.91 Å². The lowest BCUT2D eigenvalue weighted by molar-refractivity contribution is 0.0569. The second kappa shape index (κ2) is 7.95. The van der Waals surface area contributed by atoms with Gasteiger partial charge in [-0.05, 0) is 28.8 Å². The molecule has 30 heavy (non-hydrogen) atoms. The summed E-state index contributed by atoms with van der Waals surface area (Å²) >= 11 is 0. The predicted octanol–water partition coefficient (Wildman–Crippen LogP) is 4.57. The van der Waals surface area contributed by atoms with Crippen LogP contribution in [0, 0.1) is 0 Å². The van der Waals surface area contributed by atoms with Crippen LogP contribution in [0.1, 0.15) is 33.6 Å². The van der Waals surface area contributed by atoms with Gasteiger partial charge in [0.1, 0.15) is 0 Å². The zero-order valence-electron chi connectivity index (χ0n) is 16.4. The fraction of sp³-hybridized carbons (Fsp3) is 0.160. The molecule has 1 saturated heterocycles. The first kappa shape index (κ1) is 18.3. The maximum absolute atomic E-state index is 12.8. The minimum atomic E-state index is 0.0369. The number of hydrogen-bond donors (Lipinski definition) is 0. The van der Waals surface area contributed by atoms with Crippen molar-refractivity contribution in [2.45, 2.75) is 12.3 Å². The first-order valence-corrected chi connectivity index (χ1v) is 10.1. The van der Waals surface area contributed by atoms with Crippen molar-refractivity contribution in [2.75, 3.05) is 13.1 Å². The molecule has 148 valence electrons. The average Bonchev–Trinajstić information content (AvgIpc) is 3.22. The zero-order chi connectivity index (χ0) is 20.3. The van der Waals surface area contributed by atoms with Crippen LogP contribution in [0.15, 0.2) is 89.5 Å². The van der Waals surface area contributed by atoms with Crippen LogP contribution in [0.2, 0.25) is 0 Å². The molecular weight excluding hydrogens is 374 g/mol. The molecule has 0 atom stereocenters. The Balaban J connectivity index is 1.19.